The second-order valence-electron chi connectivity index (χ2n) is 3.96. The summed E-state index contributed by atoms with van der Waals surface area (Å²) in [7, 11) is 1.83. The van der Waals surface area contributed by atoms with Crippen LogP contribution in [0.1, 0.15) is 17.2 Å². The van der Waals surface area contributed by atoms with Crippen molar-refractivity contribution in [3.8, 4) is 0 Å². The highest BCUT2D eigenvalue weighted by Gasteiger charge is 2.13. The Morgan fingerprint density at radius 2 is 2.17 bits per heavy atom. The molecule has 0 aliphatic carbocycles. The molecule has 0 bridgehead atoms. The first kappa shape index (κ1) is 12.9. The number of aromatic nitrogens is 2. The molecule has 0 aliphatic rings. The summed E-state index contributed by atoms with van der Waals surface area (Å²) in [6.45, 7) is 0. The molecule has 0 aliphatic heterocycles. The van der Waals surface area contributed by atoms with Crippen LogP contribution >= 0.6 is 11.6 Å². The molecule has 0 spiro atoms. The Morgan fingerprint density at radius 3 is 2.78 bits per heavy atom. The van der Waals surface area contributed by atoms with Gasteiger partial charge in [0.05, 0.1) is 6.20 Å². The Labute approximate surface area is 110 Å². The number of nitrogens with zero attached hydrogens (tertiary/aromatic N) is 2. The summed E-state index contributed by atoms with van der Waals surface area (Å²) in [5.41, 5.74) is 1.59. The van der Waals surface area contributed by atoms with Gasteiger partial charge in [-0.25, -0.2) is 4.39 Å². The Bertz CT molecular complexity index is 519. The molecule has 3 nitrogen and oxygen atoms in total. The highest BCUT2D eigenvalue weighted by atomic mass is 35.5. The molecule has 1 heterocycles. The fourth-order valence-electron chi connectivity index (χ4n) is 1.80. The van der Waals surface area contributed by atoms with Crippen LogP contribution in [0.2, 0.25) is 5.02 Å². The molecular weight excluding hydrogens is 253 g/mol. The number of nitrogens with one attached hydrogen (secondary N) is 1. The summed E-state index contributed by atoms with van der Waals surface area (Å²) in [5, 5.41) is 11.1. The van der Waals surface area contributed by atoms with Crippen LogP contribution in [0.5, 0.6) is 0 Å². The van der Waals surface area contributed by atoms with Crippen molar-refractivity contribution >= 4 is 11.6 Å². The predicted octanol–water partition coefficient (Wildman–Crippen LogP) is 2.77. The summed E-state index contributed by atoms with van der Waals surface area (Å²) < 4.78 is 13.7. The van der Waals surface area contributed by atoms with Crippen LogP contribution in [0, 0.1) is 5.82 Å². The van der Waals surface area contributed by atoms with Gasteiger partial charge in [0, 0.05) is 17.3 Å². The molecule has 0 saturated carbocycles. The average molecular weight is 266 g/mol. The van der Waals surface area contributed by atoms with Crippen LogP contribution in [0.4, 0.5) is 4.39 Å². The lowest BCUT2D eigenvalue weighted by atomic mass is 10.0. The molecule has 0 fully saturated rings. The summed E-state index contributed by atoms with van der Waals surface area (Å²) in [4.78, 5) is 0. The first-order valence-corrected chi connectivity index (χ1v) is 5.96. The van der Waals surface area contributed by atoms with Crippen LogP contribution in [-0.2, 0) is 6.42 Å². The SMILES string of the molecule is CNC(Cc1ccc(Cl)cc1F)c1ccnnc1. The largest absolute Gasteiger partial charge is 0.313 e. The van der Waals surface area contributed by atoms with E-state index >= 15 is 0 Å². The monoisotopic (exact) mass is 265 g/mol. The lowest BCUT2D eigenvalue weighted by Gasteiger charge is -2.16. The van der Waals surface area contributed by atoms with Crippen molar-refractivity contribution in [3.63, 3.8) is 0 Å². The van der Waals surface area contributed by atoms with Crippen molar-refractivity contribution < 1.29 is 4.39 Å². The minimum atomic E-state index is -0.287. The molecule has 2 aromatic rings. The molecule has 0 saturated heterocycles. The topological polar surface area (TPSA) is 37.8 Å². The van der Waals surface area contributed by atoms with Crippen molar-refractivity contribution in [2.24, 2.45) is 0 Å². The Hall–Kier alpha value is -1.52. The third kappa shape index (κ3) is 3.03. The van der Waals surface area contributed by atoms with Gasteiger partial charge in [-0.15, -0.1) is 0 Å². The average Bonchev–Trinajstić information content (AvgIpc) is 2.39. The summed E-state index contributed by atoms with van der Waals surface area (Å²) in [5.74, 6) is -0.287. The number of benzene rings is 1. The Balaban J connectivity index is 2.21. The summed E-state index contributed by atoms with van der Waals surface area (Å²) in [6, 6.07) is 6.58. The molecule has 1 N–H and O–H groups in total. The molecule has 0 amide bonds. The van der Waals surface area contributed by atoms with Gasteiger partial charge >= 0.3 is 0 Å². The number of hydrogen-bond acceptors (Lipinski definition) is 3. The maximum absolute atomic E-state index is 13.7. The smallest absolute Gasteiger partial charge is 0.127 e. The molecule has 1 aromatic heterocycles. The van der Waals surface area contributed by atoms with E-state index in [1.54, 1.807) is 24.5 Å². The van der Waals surface area contributed by atoms with Gasteiger partial charge in [-0.05, 0) is 42.8 Å². The molecule has 18 heavy (non-hydrogen) atoms. The number of halogens is 2. The summed E-state index contributed by atoms with van der Waals surface area (Å²) >= 11 is 5.73. The minimum Gasteiger partial charge on any atom is -0.313 e. The van der Waals surface area contributed by atoms with Gasteiger partial charge in [-0.1, -0.05) is 17.7 Å². The van der Waals surface area contributed by atoms with Gasteiger partial charge in [0.1, 0.15) is 5.82 Å². The van der Waals surface area contributed by atoms with Crippen LogP contribution in [-0.4, -0.2) is 17.2 Å². The zero-order valence-electron chi connectivity index (χ0n) is 9.90. The second kappa shape index (κ2) is 5.89. The number of likely N-dealkylation sites (N-methyl/N-ethyl adjacent to an activating group) is 1. The van der Waals surface area contributed by atoms with Gasteiger partial charge in [-0.2, -0.15) is 10.2 Å². The third-order valence-electron chi connectivity index (χ3n) is 2.80. The van der Waals surface area contributed by atoms with E-state index in [0.29, 0.717) is 17.0 Å². The van der Waals surface area contributed by atoms with Crippen molar-refractivity contribution in [3.05, 3.63) is 58.6 Å². The first-order chi connectivity index (χ1) is 8.70. The van der Waals surface area contributed by atoms with E-state index in [-0.39, 0.29) is 11.9 Å². The molecule has 2 rings (SSSR count). The Morgan fingerprint density at radius 1 is 1.33 bits per heavy atom. The standard InChI is InChI=1S/C13H13ClFN3/c1-16-13(10-4-5-17-18-8-10)6-9-2-3-11(14)7-12(9)15/h2-5,7-8,13,16H,6H2,1H3. The van der Waals surface area contributed by atoms with E-state index in [1.165, 1.54) is 6.07 Å². The van der Waals surface area contributed by atoms with E-state index < -0.39 is 0 Å². The van der Waals surface area contributed by atoms with Gasteiger partial charge in [0.15, 0.2) is 0 Å². The third-order valence-corrected chi connectivity index (χ3v) is 3.03. The van der Waals surface area contributed by atoms with E-state index in [0.717, 1.165) is 5.56 Å². The maximum Gasteiger partial charge on any atom is 0.127 e. The van der Waals surface area contributed by atoms with Crippen LogP contribution < -0.4 is 5.32 Å². The second-order valence-corrected chi connectivity index (χ2v) is 4.39. The fraction of sp³-hybridized carbons (Fsp3) is 0.231. The van der Waals surface area contributed by atoms with E-state index in [4.69, 9.17) is 11.6 Å². The molecule has 5 heteroatoms. The van der Waals surface area contributed by atoms with Crippen LogP contribution in [0.15, 0.2) is 36.7 Å². The molecule has 1 unspecified atom stereocenters. The minimum absolute atomic E-state index is 0.00354. The molecule has 94 valence electrons. The van der Waals surface area contributed by atoms with Crippen molar-refractivity contribution in [1.82, 2.24) is 15.5 Å². The van der Waals surface area contributed by atoms with Crippen molar-refractivity contribution in [1.29, 1.82) is 0 Å². The van der Waals surface area contributed by atoms with Gasteiger partial charge in [0.25, 0.3) is 0 Å². The molecule has 1 atom stereocenters. The molecule has 0 radical (unpaired) electrons. The number of hydrogen-bond donors (Lipinski definition) is 1. The normalized spacial score (nSPS) is 12.4. The van der Waals surface area contributed by atoms with Gasteiger partial charge < -0.3 is 5.32 Å². The zero-order chi connectivity index (χ0) is 13.0. The first-order valence-electron chi connectivity index (χ1n) is 5.58. The quantitative estimate of drug-likeness (QED) is 0.924. The van der Waals surface area contributed by atoms with Crippen LogP contribution in [0.3, 0.4) is 0 Å². The van der Waals surface area contributed by atoms with E-state index in [9.17, 15) is 4.39 Å². The zero-order valence-corrected chi connectivity index (χ0v) is 10.7. The molecule has 1 aromatic carbocycles. The predicted molar refractivity (Wildman–Crippen MR) is 68.9 cm³/mol. The summed E-state index contributed by atoms with van der Waals surface area (Å²) in [6.07, 6.45) is 3.83. The van der Waals surface area contributed by atoms with Gasteiger partial charge in [-0.3, -0.25) is 0 Å². The molecular formula is C13H13ClFN3. The highest BCUT2D eigenvalue weighted by Crippen LogP contribution is 2.21. The Kier molecular flexibility index (Phi) is 4.23. The lowest BCUT2D eigenvalue weighted by Crippen LogP contribution is -2.19. The fourth-order valence-corrected chi connectivity index (χ4v) is 1.96. The lowest BCUT2D eigenvalue weighted by molar-refractivity contribution is 0.552. The van der Waals surface area contributed by atoms with Crippen molar-refractivity contribution in [2.75, 3.05) is 7.05 Å². The maximum atomic E-state index is 13.7. The van der Waals surface area contributed by atoms with Crippen molar-refractivity contribution in [2.45, 2.75) is 12.5 Å². The van der Waals surface area contributed by atoms with E-state index in [1.807, 2.05) is 13.1 Å². The van der Waals surface area contributed by atoms with E-state index in [2.05, 4.69) is 15.5 Å². The number of rotatable bonds is 4. The van der Waals surface area contributed by atoms with Crippen LogP contribution in [0.25, 0.3) is 0 Å². The highest BCUT2D eigenvalue weighted by molar-refractivity contribution is 6.30. The van der Waals surface area contributed by atoms with Gasteiger partial charge in [0.2, 0.25) is 0 Å².